The Morgan fingerprint density at radius 1 is 1.37 bits per heavy atom. The van der Waals surface area contributed by atoms with E-state index in [9.17, 15) is 0 Å². The van der Waals surface area contributed by atoms with Gasteiger partial charge in [-0.1, -0.05) is 6.07 Å². The molecule has 1 saturated heterocycles. The second-order valence-electron chi connectivity index (χ2n) is 5.20. The van der Waals surface area contributed by atoms with Crippen LogP contribution in [0.5, 0.6) is 5.75 Å². The van der Waals surface area contributed by atoms with Gasteiger partial charge in [-0.05, 0) is 36.6 Å². The summed E-state index contributed by atoms with van der Waals surface area (Å²) in [4.78, 5) is 2.46. The molecule has 0 saturated carbocycles. The maximum atomic E-state index is 5.71. The molecule has 0 radical (unpaired) electrons. The average Bonchev–Trinajstić information content (AvgIpc) is 2.86. The lowest BCUT2D eigenvalue weighted by Crippen LogP contribution is -2.21. The number of hydrogen-bond donors (Lipinski definition) is 1. The Balaban J connectivity index is 2.02. The van der Waals surface area contributed by atoms with Crippen LogP contribution in [-0.2, 0) is 17.8 Å². The SMILES string of the molecule is COCC1CCN(Cc2cc(CN)ccc2OC)C1. The quantitative estimate of drug-likeness (QED) is 0.848. The maximum Gasteiger partial charge on any atom is 0.123 e. The summed E-state index contributed by atoms with van der Waals surface area (Å²) in [5.41, 5.74) is 8.09. The van der Waals surface area contributed by atoms with E-state index in [2.05, 4.69) is 11.0 Å². The van der Waals surface area contributed by atoms with Crippen molar-refractivity contribution < 1.29 is 9.47 Å². The van der Waals surface area contributed by atoms with Crippen LogP contribution in [0.25, 0.3) is 0 Å². The molecule has 1 aliphatic rings. The Kier molecular flexibility index (Phi) is 5.19. The summed E-state index contributed by atoms with van der Waals surface area (Å²) in [5.74, 6) is 1.61. The van der Waals surface area contributed by atoms with Crippen molar-refractivity contribution in [3.63, 3.8) is 0 Å². The van der Waals surface area contributed by atoms with Crippen LogP contribution >= 0.6 is 0 Å². The molecule has 1 heterocycles. The number of nitrogens with zero attached hydrogens (tertiary/aromatic N) is 1. The van der Waals surface area contributed by atoms with Gasteiger partial charge in [0.1, 0.15) is 5.75 Å². The first-order valence-electron chi connectivity index (χ1n) is 6.84. The second-order valence-corrected chi connectivity index (χ2v) is 5.20. The highest BCUT2D eigenvalue weighted by Crippen LogP contribution is 2.25. The zero-order valence-corrected chi connectivity index (χ0v) is 11.9. The van der Waals surface area contributed by atoms with Gasteiger partial charge in [0, 0.05) is 32.3 Å². The van der Waals surface area contributed by atoms with Gasteiger partial charge in [-0.3, -0.25) is 4.90 Å². The van der Waals surface area contributed by atoms with Gasteiger partial charge < -0.3 is 15.2 Å². The van der Waals surface area contributed by atoms with Crippen LogP contribution in [-0.4, -0.2) is 38.8 Å². The number of ether oxygens (including phenoxy) is 2. The van der Waals surface area contributed by atoms with Gasteiger partial charge in [-0.25, -0.2) is 0 Å². The van der Waals surface area contributed by atoms with Crippen molar-refractivity contribution in [2.24, 2.45) is 11.7 Å². The van der Waals surface area contributed by atoms with Gasteiger partial charge in [-0.2, -0.15) is 0 Å². The van der Waals surface area contributed by atoms with Crippen LogP contribution in [0.4, 0.5) is 0 Å². The molecule has 0 aromatic heterocycles. The van der Waals surface area contributed by atoms with Crippen molar-refractivity contribution in [3.8, 4) is 5.75 Å². The fraction of sp³-hybridized carbons (Fsp3) is 0.600. The molecule has 0 amide bonds. The molecule has 4 heteroatoms. The molecule has 2 rings (SSSR count). The molecule has 1 aromatic rings. The predicted octanol–water partition coefficient (Wildman–Crippen LogP) is 1.62. The van der Waals surface area contributed by atoms with Crippen LogP contribution in [0.15, 0.2) is 18.2 Å². The van der Waals surface area contributed by atoms with Crippen LogP contribution in [0.1, 0.15) is 17.5 Å². The summed E-state index contributed by atoms with van der Waals surface area (Å²) in [6.45, 7) is 4.59. The summed E-state index contributed by atoms with van der Waals surface area (Å²) >= 11 is 0. The molecule has 1 aliphatic heterocycles. The largest absolute Gasteiger partial charge is 0.496 e. The lowest BCUT2D eigenvalue weighted by atomic mass is 10.1. The Bertz CT molecular complexity index is 409. The molecule has 1 unspecified atom stereocenters. The molecule has 0 bridgehead atoms. The molecule has 0 aliphatic carbocycles. The molecule has 4 nitrogen and oxygen atoms in total. The number of methoxy groups -OCH3 is 2. The monoisotopic (exact) mass is 264 g/mol. The van der Waals surface area contributed by atoms with E-state index in [0.29, 0.717) is 12.5 Å². The highest BCUT2D eigenvalue weighted by atomic mass is 16.5. The first kappa shape index (κ1) is 14.3. The van der Waals surface area contributed by atoms with Crippen molar-refractivity contribution in [2.45, 2.75) is 19.5 Å². The van der Waals surface area contributed by atoms with E-state index in [1.54, 1.807) is 14.2 Å². The molecule has 1 aromatic carbocycles. The van der Waals surface area contributed by atoms with Crippen LogP contribution < -0.4 is 10.5 Å². The topological polar surface area (TPSA) is 47.7 Å². The van der Waals surface area contributed by atoms with Gasteiger partial charge in [0.05, 0.1) is 13.7 Å². The molecule has 1 atom stereocenters. The van der Waals surface area contributed by atoms with Gasteiger partial charge in [0.2, 0.25) is 0 Å². The highest BCUT2D eigenvalue weighted by Gasteiger charge is 2.23. The summed E-state index contributed by atoms with van der Waals surface area (Å²) in [7, 11) is 3.50. The van der Waals surface area contributed by atoms with E-state index < -0.39 is 0 Å². The van der Waals surface area contributed by atoms with Crippen molar-refractivity contribution in [1.82, 2.24) is 4.90 Å². The number of benzene rings is 1. The van der Waals surface area contributed by atoms with Gasteiger partial charge in [0.15, 0.2) is 0 Å². The Labute approximate surface area is 115 Å². The smallest absolute Gasteiger partial charge is 0.123 e. The summed E-state index contributed by atoms with van der Waals surface area (Å²) in [6, 6.07) is 6.20. The molecular weight excluding hydrogens is 240 g/mol. The first-order valence-corrected chi connectivity index (χ1v) is 6.84. The third kappa shape index (κ3) is 3.69. The van der Waals surface area contributed by atoms with Crippen molar-refractivity contribution in [2.75, 3.05) is 33.9 Å². The Morgan fingerprint density at radius 2 is 2.21 bits per heavy atom. The zero-order chi connectivity index (χ0) is 13.7. The number of likely N-dealkylation sites (tertiary alicyclic amines) is 1. The van der Waals surface area contributed by atoms with E-state index in [1.165, 1.54) is 12.0 Å². The molecule has 2 N–H and O–H groups in total. The molecule has 1 fully saturated rings. The van der Waals surface area contributed by atoms with Gasteiger partial charge in [0.25, 0.3) is 0 Å². The fourth-order valence-electron chi connectivity index (χ4n) is 2.75. The first-order chi connectivity index (χ1) is 9.26. The van der Waals surface area contributed by atoms with Gasteiger partial charge in [-0.15, -0.1) is 0 Å². The predicted molar refractivity (Wildman–Crippen MR) is 76.1 cm³/mol. The van der Waals surface area contributed by atoms with E-state index in [0.717, 1.165) is 37.6 Å². The fourth-order valence-corrected chi connectivity index (χ4v) is 2.75. The zero-order valence-electron chi connectivity index (χ0n) is 11.9. The summed E-state index contributed by atoms with van der Waals surface area (Å²) in [5, 5.41) is 0. The number of rotatable bonds is 6. The normalized spacial score (nSPS) is 19.8. The average molecular weight is 264 g/mol. The molecule has 0 spiro atoms. The standard InChI is InChI=1S/C15H24N2O2/c1-18-11-13-5-6-17(9-13)10-14-7-12(8-16)3-4-15(14)19-2/h3-4,7,13H,5-6,8-11,16H2,1-2H3. The Hall–Kier alpha value is -1.10. The minimum Gasteiger partial charge on any atom is -0.496 e. The molecular formula is C15H24N2O2. The van der Waals surface area contributed by atoms with Crippen molar-refractivity contribution in [1.29, 1.82) is 0 Å². The Morgan fingerprint density at radius 3 is 2.89 bits per heavy atom. The van der Waals surface area contributed by atoms with Gasteiger partial charge >= 0.3 is 0 Å². The number of nitrogens with two attached hydrogens (primary N) is 1. The second kappa shape index (κ2) is 6.89. The van der Waals surface area contributed by atoms with E-state index in [-0.39, 0.29) is 0 Å². The van der Waals surface area contributed by atoms with E-state index in [1.807, 2.05) is 12.1 Å². The third-order valence-electron chi connectivity index (χ3n) is 3.75. The molecule has 106 valence electrons. The van der Waals surface area contributed by atoms with Crippen molar-refractivity contribution >= 4 is 0 Å². The lowest BCUT2D eigenvalue weighted by molar-refractivity contribution is 0.152. The van der Waals surface area contributed by atoms with Crippen LogP contribution in [0.2, 0.25) is 0 Å². The van der Waals surface area contributed by atoms with E-state index in [4.69, 9.17) is 15.2 Å². The van der Waals surface area contributed by atoms with Crippen LogP contribution in [0.3, 0.4) is 0 Å². The lowest BCUT2D eigenvalue weighted by Gasteiger charge is -2.18. The number of hydrogen-bond acceptors (Lipinski definition) is 4. The minimum absolute atomic E-state index is 0.573. The summed E-state index contributed by atoms with van der Waals surface area (Å²) in [6.07, 6.45) is 1.22. The van der Waals surface area contributed by atoms with Crippen LogP contribution in [0, 0.1) is 5.92 Å². The molecule has 19 heavy (non-hydrogen) atoms. The minimum atomic E-state index is 0.573. The summed E-state index contributed by atoms with van der Waals surface area (Å²) < 4.78 is 10.7. The highest BCUT2D eigenvalue weighted by molar-refractivity contribution is 5.37. The van der Waals surface area contributed by atoms with E-state index >= 15 is 0 Å². The van der Waals surface area contributed by atoms with Crippen molar-refractivity contribution in [3.05, 3.63) is 29.3 Å². The maximum absolute atomic E-state index is 5.71. The third-order valence-corrected chi connectivity index (χ3v) is 3.75.